The second-order valence-electron chi connectivity index (χ2n) is 3.63. The van der Waals surface area contributed by atoms with E-state index in [0.717, 1.165) is 6.26 Å². The van der Waals surface area contributed by atoms with E-state index in [1.807, 2.05) is 0 Å². The molecule has 16 heavy (non-hydrogen) atoms. The van der Waals surface area contributed by atoms with Gasteiger partial charge in [0, 0.05) is 19.9 Å². The van der Waals surface area contributed by atoms with Gasteiger partial charge in [0.1, 0.15) is 15.9 Å². The van der Waals surface area contributed by atoms with Crippen molar-refractivity contribution < 1.29 is 17.9 Å². The number of nitrogens with one attached hydrogen (secondary N) is 2. The van der Waals surface area contributed by atoms with Crippen LogP contribution in [-0.2, 0) is 19.4 Å². The lowest BCUT2D eigenvalue weighted by Gasteiger charge is -2.21. The van der Waals surface area contributed by atoms with E-state index in [4.69, 9.17) is 4.74 Å². The first-order valence-corrected chi connectivity index (χ1v) is 7.03. The molecule has 0 fully saturated rings. The van der Waals surface area contributed by atoms with Gasteiger partial charge in [0.25, 0.3) is 0 Å². The van der Waals surface area contributed by atoms with Crippen molar-refractivity contribution in [2.75, 3.05) is 32.7 Å². The average Bonchev–Trinajstić information content (AvgIpc) is 2.16. The van der Waals surface area contributed by atoms with Crippen LogP contribution >= 0.6 is 0 Å². The van der Waals surface area contributed by atoms with E-state index in [-0.39, 0.29) is 24.3 Å². The third kappa shape index (κ3) is 6.04. The van der Waals surface area contributed by atoms with Crippen molar-refractivity contribution in [2.45, 2.75) is 19.1 Å². The Morgan fingerprint density at radius 1 is 1.44 bits per heavy atom. The standard InChI is InChI=1S/C9H20N2O4S/c1-7(15-3)8(10-2)9(12)11-5-6-16(4,13)14/h7-8,10H,5-6H2,1-4H3,(H,11,12)/t7-,8?/m1/s1. The van der Waals surface area contributed by atoms with Gasteiger partial charge in [-0.1, -0.05) is 0 Å². The number of ether oxygens (including phenoxy) is 1. The number of methoxy groups -OCH3 is 1. The van der Waals surface area contributed by atoms with Gasteiger partial charge in [-0.25, -0.2) is 8.42 Å². The van der Waals surface area contributed by atoms with Crippen molar-refractivity contribution in [3.05, 3.63) is 0 Å². The van der Waals surface area contributed by atoms with Crippen LogP contribution in [0.4, 0.5) is 0 Å². The van der Waals surface area contributed by atoms with Gasteiger partial charge < -0.3 is 15.4 Å². The van der Waals surface area contributed by atoms with Gasteiger partial charge in [-0.05, 0) is 14.0 Å². The number of hydrogen-bond acceptors (Lipinski definition) is 5. The Labute approximate surface area is 96.7 Å². The Morgan fingerprint density at radius 2 is 2.00 bits per heavy atom. The molecule has 7 heteroatoms. The number of carbonyl (C=O) groups excluding carboxylic acids is 1. The monoisotopic (exact) mass is 252 g/mol. The van der Waals surface area contributed by atoms with Gasteiger partial charge in [0.15, 0.2) is 0 Å². The average molecular weight is 252 g/mol. The van der Waals surface area contributed by atoms with Crippen LogP contribution in [0.2, 0.25) is 0 Å². The summed E-state index contributed by atoms with van der Waals surface area (Å²) < 4.78 is 26.7. The molecule has 2 atom stereocenters. The minimum Gasteiger partial charge on any atom is -0.380 e. The maximum atomic E-state index is 11.6. The highest BCUT2D eigenvalue weighted by molar-refractivity contribution is 7.90. The van der Waals surface area contributed by atoms with E-state index in [2.05, 4.69) is 10.6 Å². The van der Waals surface area contributed by atoms with Gasteiger partial charge in [0.05, 0.1) is 11.9 Å². The summed E-state index contributed by atoms with van der Waals surface area (Å²) in [6, 6.07) is -0.482. The number of carbonyl (C=O) groups is 1. The van der Waals surface area contributed by atoms with Crippen LogP contribution in [0.5, 0.6) is 0 Å². The fourth-order valence-corrected chi connectivity index (χ4v) is 1.66. The van der Waals surface area contributed by atoms with Gasteiger partial charge >= 0.3 is 0 Å². The maximum absolute atomic E-state index is 11.6. The van der Waals surface area contributed by atoms with Crippen LogP contribution in [0.3, 0.4) is 0 Å². The second-order valence-corrected chi connectivity index (χ2v) is 5.89. The lowest BCUT2D eigenvalue weighted by molar-refractivity contribution is -0.125. The summed E-state index contributed by atoms with van der Waals surface area (Å²) in [5.41, 5.74) is 0. The molecule has 96 valence electrons. The molecule has 0 aliphatic carbocycles. The fourth-order valence-electron chi connectivity index (χ4n) is 1.18. The van der Waals surface area contributed by atoms with Gasteiger partial charge in [-0.2, -0.15) is 0 Å². The Hall–Kier alpha value is -0.660. The van der Waals surface area contributed by atoms with Crippen molar-refractivity contribution in [1.29, 1.82) is 0 Å². The summed E-state index contributed by atoms with van der Waals surface area (Å²) in [7, 11) is 0.117. The first kappa shape index (κ1) is 15.3. The highest BCUT2D eigenvalue weighted by Gasteiger charge is 2.22. The van der Waals surface area contributed by atoms with Crippen LogP contribution in [-0.4, -0.2) is 59.2 Å². The maximum Gasteiger partial charge on any atom is 0.239 e. The van der Waals surface area contributed by atoms with Crippen molar-refractivity contribution in [2.24, 2.45) is 0 Å². The van der Waals surface area contributed by atoms with E-state index in [9.17, 15) is 13.2 Å². The first-order chi connectivity index (χ1) is 7.31. The second kappa shape index (κ2) is 6.82. The minimum absolute atomic E-state index is 0.0590. The molecule has 0 aromatic carbocycles. The van der Waals surface area contributed by atoms with Gasteiger partial charge in [-0.15, -0.1) is 0 Å². The zero-order valence-corrected chi connectivity index (χ0v) is 10.9. The first-order valence-electron chi connectivity index (χ1n) is 4.97. The van der Waals surface area contributed by atoms with Crippen molar-refractivity contribution >= 4 is 15.7 Å². The van der Waals surface area contributed by atoms with E-state index in [0.29, 0.717) is 0 Å². The number of likely N-dealkylation sites (N-methyl/N-ethyl adjacent to an activating group) is 1. The van der Waals surface area contributed by atoms with E-state index in [1.54, 1.807) is 14.0 Å². The highest BCUT2D eigenvalue weighted by Crippen LogP contribution is 1.96. The van der Waals surface area contributed by atoms with E-state index >= 15 is 0 Å². The zero-order valence-electron chi connectivity index (χ0n) is 10.1. The predicted molar refractivity (Wildman–Crippen MR) is 62.0 cm³/mol. The summed E-state index contributed by atoms with van der Waals surface area (Å²) in [5.74, 6) is -0.322. The number of rotatable bonds is 7. The van der Waals surface area contributed by atoms with Crippen LogP contribution in [0.25, 0.3) is 0 Å². The lowest BCUT2D eigenvalue weighted by atomic mass is 10.1. The normalized spacial score (nSPS) is 15.5. The molecule has 0 aromatic heterocycles. The van der Waals surface area contributed by atoms with Crippen molar-refractivity contribution in [3.8, 4) is 0 Å². The quantitative estimate of drug-likeness (QED) is 0.593. The van der Waals surface area contributed by atoms with Crippen LogP contribution in [0.15, 0.2) is 0 Å². The molecule has 0 saturated heterocycles. The molecule has 0 heterocycles. The molecule has 2 N–H and O–H groups in total. The minimum atomic E-state index is -3.04. The van der Waals surface area contributed by atoms with E-state index in [1.165, 1.54) is 7.11 Å². The van der Waals surface area contributed by atoms with E-state index < -0.39 is 15.9 Å². The Bertz CT molecular complexity index is 315. The highest BCUT2D eigenvalue weighted by atomic mass is 32.2. The van der Waals surface area contributed by atoms with Gasteiger partial charge in [-0.3, -0.25) is 4.79 Å². The molecule has 0 aliphatic rings. The molecule has 0 saturated carbocycles. The largest absolute Gasteiger partial charge is 0.380 e. The summed E-state index contributed by atoms with van der Waals surface area (Å²) in [4.78, 5) is 11.6. The molecule has 6 nitrogen and oxygen atoms in total. The SMILES string of the molecule is CNC(C(=O)NCCS(C)(=O)=O)[C@@H](C)OC. The van der Waals surface area contributed by atoms with Crippen molar-refractivity contribution in [3.63, 3.8) is 0 Å². The summed E-state index contributed by atoms with van der Waals surface area (Å²) in [5, 5.41) is 5.36. The topological polar surface area (TPSA) is 84.5 Å². The number of hydrogen-bond donors (Lipinski definition) is 2. The summed E-state index contributed by atoms with van der Waals surface area (Å²) in [6.07, 6.45) is 0.857. The molecule has 0 spiro atoms. The molecular formula is C9H20N2O4S. The third-order valence-corrected chi connectivity index (χ3v) is 3.15. The van der Waals surface area contributed by atoms with Crippen molar-refractivity contribution in [1.82, 2.24) is 10.6 Å². The number of sulfone groups is 1. The molecule has 0 aliphatic heterocycles. The Balaban J connectivity index is 4.13. The lowest BCUT2D eigenvalue weighted by Crippen LogP contribution is -2.50. The summed E-state index contributed by atoms with van der Waals surface area (Å²) in [6.45, 7) is 1.88. The van der Waals surface area contributed by atoms with Crippen LogP contribution in [0.1, 0.15) is 6.92 Å². The van der Waals surface area contributed by atoms with Crippen LogP contribution < -0.4 is 10.6 Å². The Morgan fingerprint density at radius 3 is 2.38 bits per heavy atom. The van der Waals surface area contributed by atoms with Crippen LogP contribution in [0, 0.1) is 0 Å². The Kier molecular flexibility index (Phi) is 6.54. The van der Waals surface area contributed by atoms with Gasteiger partial charge in [0.2, 0.25) is 5.91 Å². The predicted octanol–water partition coefficient (Wildman–Crippen LogP) is -1.23. The smallest absolute Gasteiger partial charge is 0.239 e. The number of amides is 1. The molecule has 1 amide bonds. The summed E-state index contributed by atoms with van der Waals surface area (Å²) >= 11 is 0. The molecular weight excluding hydrogens is 232 g/mol. The third-order valence-electron chi connectivity index (χ3n) is 2.21. The zero-order chi connectivity index (χ0) is 12.8. The molecule has 0 radical (unpaired) electrons. The molecule has 1 unspecified atom stereocenters. The molecule has 0 aromatic rings. The molecule has 0 rings (SSSR count). The fraction of sp³-hybridized carbons (Fsp3) is 0.889. The molecule has 0 bridgehead atoms.